The van der Waals surface area contributed by atoms with Crippen LogP contribution in [0.5, 0.6) is 0 Å². The maximum atomic E-state index is 12.6. The number of rotatable bonds is 8. The number of aliphatic carboxylic acids is 1. The van der Waals surface area contributed by atoms with Crippen molar-refractivity contribution >= 4 is 18.0 Å². The lowest BCUT2D eigenvalue weighted by atomic mass is 9.98. The van der Waals surface area contributed by atoms with Crippen LogP contribution < -0.4 is 10.6 Å². The van der Waals surface area contributed by atoms with Crippen LogP contribution in [-0.2, 0) is 14.3 Å². The maximum Gasteiger partial charge on any atom is 0.407 e. The summed E-state index contributed by atoms with van der Waals surface area (Å²) in [6.45, 7) is 0.634. The summed E-state index contributed by atoms with van der Waals surface area (Å²) in [6, 6.07) is 14.9. The Balaban J connectivity index is 1.19. The fourth-order valence-electron chi connectivity index (χ4n) is 5.60. The van der Waals surface area contributed by atoms with Crippen LogP contribution in [0, 0.1) is 17.8 Å². The van der Waals surface area contributed by atoms with Gasteiger partial charge in [-0.2, -0.15) is 0 Å². The highest BCUT2D eigenvalue weighted by atomic mass is 16.5. The monoisotopic (exact) mass is 448 g/mol. The molecule has 2 aromatic carbocycles. The van der Waals surface area contributed by atoms with Crippen molar-refractivity contribution in [2.24, 2.45) is 17.8 Å². The molecule has 2 amide bonds. The second-order valence-electron chi connectivity index (χ2n) is 9.36. The Kier molecular flexibility index (Phi) is 5.79. The molecule has 4 atom stereocenters. The first kappa shape index (κ1) is 21.5. The molecule has 7 nitrogen and oxygen atoms in total. The standard InChI is InChI=1S/C26H28N2O5/c29-24(30)12-23(25(31)27-13-16-10-9-15-11-21(15)16)28-26(32)33-14-22-19-7-3-1-5-17(19)18-6-2-4-8-20(18)22/h1-8,15-16,21-23H,9-14H2,(H,27,31)(H,28,32)(H,29,30). The number of carboxylic acid groups (broad SMARTS) is 1. The molecule has 0 saturated heterocycles. The zero-order chi connectivity index (χ0) is 22.9. The Morgan fingerprint density at radius 3 is 2.24 bits per heavy atom. The molecule has 2 saturated carbocycles. The normalized spacial score (nSPS) is 23.1. The van der Waals surface area contributed by atoms with Crippen LogP contribution in [-0.4, -0.2) is 42.3 Å². The van der Waals surface area contributed by atoms with Gasteiger partial charge in [0.05, 0.1) is 6.42 Å². The molecule has 2 fully saturated rings. The molecule has 3 aliphatic carbocycles. The number of hydrogen-bond donors (Lipinski definition) is 3. The highest BCUT2D eigenvalue weighted by Crippen LogP contribution is 2.55. The fraction of sp³-hybridized carbons (Fsp3) is 0.423. The molecule has 4 unspecified atom stereocenters. The Labute approximate surface area is 192 Å². The van der Waals surface area contributed by atoms with Gasteiger partial charge < -0.3 is 20.5 Å². The summed E-state index contributed by atoms with van der Waals surface area (Å²) in [4.78, 5) is 36.5. The molecule has 0 radical (unpaired) electrons. The van der Waals surface area contributed by atoms with E-state index in [4.69, 9.17) is 4.74 Å². The van der Waals surface area contributed by atoms with Crippen molar-refractivity contribution in [1.29, 1.82) is 0 Å². The van der Waals surface area contributed by atoms with Crippen molar-refractivity contribution in [2.75, 3.05) is 13.2 Å². The van der Waals surface area contributed by atoms with Crippen molar-refractivity contribution in [1.82, 2.24) is 10.6 Å². The number of fused-ring (bicyclic) bond motifs is 4. The van der Waals surface area contributed by atoms with Crippen molar-refractivity contribution in [3.63, 3.8) is 0 Å². The average Bonchev–Trinajstić information content (AvgIpc) is 3.37. The van der Waals surface area contributed by atoms with E-state index in [0.29, 0.717) is 18.4 Å². The predicted molar refractivity (Wildman–Crippen MR) is 122 cm³/mol. The van der Waals surface area contributed by atoms with Crippen LogP contribution in [0.1, 0.15) is 42.7 Å². The molecular formula is C26H28N2O5. The van der Waals surface area contributed by atoms with Gasteiger partial charge in [-0.1, -0.05) is 48.5 Å². The average molecular weight is 449 g/mol. The number of nitrogens with one attached hydrogen (secondary N) is 2. The topological polar surface area (TPSA) is 105 Å². The smallest absolute Gasteiger partial charge is 0.407 e. The molecule has 0 spiro atoms. The summed E-state index contributed by atoms with van der Waals surface area (Å²) in [7, 11) is 0. The first-order valence-electron chi connectivity index (χ1n) is 11.6. The van der Waals surface area contributed by atoms with Gasteiger partial charge in [0, 0.05) is 12.5 Å². The summed E-state index contributed by atoms with van der Waals surface area (Å²) in [5, 5.41) is 14.5. The van der Waals surface area contributed by atoms with Gasteiger partial charge in [0.2, 0.25) is 5.91 Å². The van der Waals surface area contributed by atoms with Crippen LogP contribution >= 0.6 is 0 Å². The number of carbonyl (C=O) groups excluding carboxylic acids is 2. The van der Waals surface area contributed by atoms with E-state index >= 15 is 0 Å². The van der Waals surface area contributed by atoms with Crippen molar-refractivity contribution in [3.05, 3.63) is 59.7 Å². The molecule has 2 aromatic rings. The Morgan fingerprint density at radius 1 is 1.00 bits per heavy atom. The first-order chi connectivity index (χ1) is 16.0. The van der Waals surface area contributed by atoms with Crippen LogP contribution in [0.25, 0.3) is 11.1 Å². The van der Waals surface area contributed by atoms with Gasteiger partial charge >= 0.3 is 12.1 Å². The number of carbonyl (C=O) groups is 3. The van der Waals surface area contributed by atoms with Gasteiger partial charge in [-0.15, -0.1) is 0 Å². The molecule has 0 heterocycles. The predicted octanol–water partition coefficient (Wildman–Crippen LogP) is 3.53. The van der Waals surface area contributed by atoms with Gasteiger partial charge in [0.25, 0.3) is 0 Å². The van der Waals surface area contributed by atoms with E-state index in [9.17, 15) is 19.5 Å². The van der Waals surface area contributed by atoms with Gasteiger partial charge in [-0.25, -0.2) is 4.79 Å². The second kappa shape index (κ2) is 8.89. The minimum Gasteiger partial charge on any atom is -0.481 e. The summed E-state index contributed by atoms with van der Waals surface area (Å²) in [5.41, 5.74) is 4.41. The fourth-order valence-corrected chi connectivity index (χ4v) is 5.60. The molecule has 0 bridgehead atoms. The number of alkyl carbamates (subject to hydrolysis) is 1. The number of ether oxygens (including phenoxy) is 1. The highest BCUT2D eigenvalue weighted by molar-refractivity contribution is 5.89. The lowest BCUT2D eigenvalue weighted by Crippen LogP contribution is -2.49. The third-order valence-corrected chi connectivity index (χ3v) is 7.36. The Hall–Kier alpha value is -3.35. The van der Waals surface area contributed by atoms with Gasteiger partial charge in [-0.05, 0) is 59.3 Å². The van der Waals surface area contributed by atoms with Crippen molar-refractivity contribution in [2.45, 2.75) is 37.6 Å². The van der Waals surface area contributed by atoms with E-state index < -0.39 is 30.4 Å². The molecular weight excluding hydrogens is 420 g/mol. The highest BCUT2D eigenvalue weighted by Gasteiger charge is 2.47. The minimum atomic E-state index is -1.17. The minimum absolute atomic E-state index is 0.104. The van der Waals surface area contributed by atoms with Crippen molar-refractivity contribution in [3.8, 4) is 11.1 Å². The molecule has 0 aromatic heterocycles. The summed E-state index contributed by atoms with van der Waals surface area (Å²) in [6.07, 6.45) is 2.26. The largest absolute Gasteiger partial charge is 0.481 e. The molecule has 33 heavy (non-hydrogen) atoms. The molecule has 5 rings (SSSR count). The molecule has 7 heteroatoms. The van der Waals surface area contributed by atoms with Crippen LogP contribution in [0.2, 0.25) is 0 Å². The van der Waals surface area contributed by atoms with E-state index in [-0.39, 0.29) is 12.5 Å². The van der Waals surface area contributed by atoms with Crippen molar-refractivity contribution < 1.29 is 24.2 Å². The number of hydrogen-bond acceptors (Lipinski definition) is 4. The van der Waals surface area contributed by atoms with E-state index in [1.807, 2.05) is 36.4 Å². The van der Waals surface area contributed by atoms with Crippen LogP contribution in [0.3, 0.4) is 0 Å². The van der Waals surface area contributed by atoms with Gasteiger partial charge in [0.15, 0.2) is 0 Å². The molecule has 3 N–H and O–H groups in total. The number of benzene rings is 2. The molecule has 0 aliphatic heterocycles. The van der Waals surface area contributed by atoms with Gasteiger partial charge in [-0.3, -0.25) is 9.59 Å². The summed E-state index contributed by atoms with van der Waals surface area (Å²) < 4.78 is 5.48. The van der Waals surface area contributed by atoms with E-state index in [2.05, 4.69) is 22.8 Å². The summed E-state index contributed by atoms with van der Waals surface area (Å²) >= 11 is 0. The summed E-state index contributed by atoms with van der Waals surface area (Å²) in [5.74, 6) is 0.217. The lowest BCUT2D eigenvalue weighted by Gasteiger charge is -2.20. The molecule has 172 valence electrons. The second-order valence-corrected chi connectivity index (χ2v) is 9.36. The third-order valence-electron chi connectivity index (χ3n) is 7.36. The quantitative estimate of drug-likeness (QED) is 0.573. The van der Waals surface area contributed by atoms with E-state index in [0.717, 1.165) is 34.6 Å². The number of amides is 2. The van der Waals surface area contributed by atoms with Gasteiger partial charge in [0.1, 0.15) is 12.6 Å². The van der Waals surface area contributed by atoms with Crippen LogP contribution in [0.15, 0.2) is 48.5 Å². The Morgan fingerprint density at radius 2 is 1.67 bits per heavy atom. The third kappa shape index (κ3) is 4.45. The number of carboxylic acids is 1. The molecule has 3 aliphatic rings. The zero-order valence-electron chi connectivity index (χ0n) is 18.3. The van der Waals surface area contributed by atoms with E-state index in [1.165, 1.54) is 12.8 Å². The zero-order valence-corrected chi connectivity index (χ0v) is 18.3. The SMILES string of the molecule is O=C(O)CC(NC(=O)OCC1c2ccccc2-c2ccccc21)C(=O)NCC1CCC2CC12. The lowest BCUT2D eigenvalue weighted by molar-refractivity contribution is -0.139. The van der Waals surface area contributed by atoms with E-state index in [1.54, 1.807) is 0 Å². The Bertz CT molecular complexity index is 1040. The maximum absolute atomic E-state index is 12.6. The first-order valence-corrected chi connectivity index (χ1v) is 11.6. The van der Waals surface area contributed by atoms with Crippen LogP contribution in [0.4, 0.5) is 4.79 Å².